The van der Waals surface area contributed by atoms with Gasteiger partial charge in [-0.05, 0) is 12.1 Å². The van der Waals surface area contributed by atoms with Crippen molar-refractivity contribution in [1.82, 2.24) is 0 Å². The lowest BCUT2D eigenvalue weighted by molar-refractivity contribution is 0.0695. The molecule has 0 aromatic heterocycles. The van der Waals surface area contributed by atoms with Gasteiger partial charge in [-0.25, -0.2) is 4.79 Å². The maximum Gasteiger partial charge on any atom is 0.336 e. The van der Waals surface area contributed by atoms with E-state index in [1.807, 2.05) is 0 Å². The fourth-order valence-corrected chi connectivity index (χ4v) is 1.81. The number of ether oxygens (including phenoxy) is 2. The molecule has 2 rings (SSSR count). The molecule has 4 heteroatoms. The Labute approximate surface area is 87.4 Å². The second kappa shape index (κ2) is 3.90. The number of aromatic carboxylic acids is 1. The fourth-order valence-electron chi connectivity index (χ4n) is 1.81. The lowest BCUT2D eigenvalue weighted by Gasteiger charge is -2.07. The van der Waals surface area contributed by atoms with Gasteiger partial charge in [-0.1, -0.05) is 6.07 Å². The molecular formula is C11H12O4. The van der Waals surface area contributed by atoms with E-state index in [4.69, 9.17) is 14.6 Å². The van der Waals surface area contributed by atoms with Crippen LogP contribution in [-0.4, -0.2) is 30.9 Å². The molecule has 0 bridgehead atoms. The monoisotopic (exact) mass is 208 g/mol. The first-order chi connectivity index (χ1) is 7.22. The zero-order valence-electron chi connectivity index (χ0n) is 8.40. The standard InChI is InChI=1S/C11H12O4/c1-14-6-7-5-9-8(11(12)13)3-2-4-10(9)15-7/h2-4,7H,5-6H2,1H3,(H,12,13). The highest BCUT2D eigenvalue weighted by Gasteiger charge is 2.26. The average molecular weight is 208 g/mol. The smallest absolute Gasteiger partial charge is 0.336 e. The van der Waals surface area contributed by atoms with E-state index in [9.17, 15) is 4.79 Å². The Hall–Kier alpha value is -1.55. The Morgan fingerprint density at radius 1 is 1.67 bits per heavy atom. The number of benzene rings is 1. The van der Waals surface area contributed by atoms with E-state index in [1.165, 1.54) is 0 Å². The molecule has 1 aliphatic heterocycles. The first kappa shape index (κ1) is 9.98. The molecule has 0 saturated carbocycles. The average Bonchev–Trinajstić information content (AvgIpc) is 2.59. The normalized spacial score (nSPS) is 18.3. The number of carboxylic acid groups (broad SMARTS) is 1. The summed E-state index contributed by atoms with van der Waals surface area (Å²) < 4.78 is 10.5. The van der Waals surface area contributed by atoms with E-state index >= 15 is 0 Å². The lowest BCUT2D eigenvalue weighted by Crippen LogP contribution is -2.19. The molecule has 1 unspecified atom stereocenters. The molecule has 1 N–H and O–H groups in total. The molecule has 0 saturated heterocycles. The number of fused-ring (bicyclic) bond motifs is 1. The van der Waals surface area contributed by atoms with Crippen LogP contribution in [-0.2, 0) is 11.2 Å². The van der Waals surface area contributed by atoms with Gasteiger partial charge in [-0.3, -0.25) is 0 Å². The minimum atomic E-state index is -0.909. The summed E-state index contributed by atoms with van der Waals surface area (Å²) in [5, 5.41) is 8.98. The molecule has 1 aromatic carbocycles. The molecular weight excluding hydrogens is 196 g/mol. The first-order valence-corrected chi connectivity index (χ1v) is 4.73. The van der Waals surface area contributed by atoms with Crippen molar-refractivity contribution in [1.29, 1.82) is 0 Å². The zero-order valence-corrected chi connectivity index (χ0v) is 8.40. The van der Waals surface area contributed by atoms with Gasteiger partial charge in [-0.15, -0.1) is 0 Å². The molecule has 0 fully saturated rings. The van der Waals surface area contributed by atoms with Crippen molar-refractivity contribution in [3.05, 3.63) is 29.3 Å². The van der Waals surface area contributed by atoms with Gasteiger partial charge in [0, 0.05) is 19.1 Å². The van der Waals surface area contributed by atoms with Crippen LogP contribution in [0.1, 0.15) is 15.9 Å². The van der Waals surface area contributed by atoms with Crippen LogP contribution in [0.25, 0.3) is 0 Å². The Kier molecular flexibility index (Phi) is 2.60. The second-order valence-electron chi connectivity index (χ2n) is 3.49. The highest BCUT2D eigenvalue weighted by molar-refractivity contribution is 5.90. The fraction of sp³-hybridized carbons (Fsp3) is 0.364. The van der Waals surface area contributed by atoms with E-state index < -0.39 is 5.97 Å². The van der Waals surface area contributed by atoms with Crippen LogP contribution in [0, 0.1) is 0 Å². The van der Waals surface area contributed by atoms with Gasteiger partial charge in [0.15, 0.2) is 0 Å². The number of carbonyl (C=O) groups is 1. The summed E-state index contributed by atoms with van der Waals surface area (Å²) in [6.07, 6.45) is 0.538. The molecule has 1 aromatic rings. The summed E-state index contributed by atoms with van der Waals surface area (Å²) in [5.74, 6) is -0.245. The second-order valence-corrected chi connectivity index (χ2v) is 3.49. The van der Waals surface area contributed by atoms with Crippen LogP contribution in [0.15, 0.2) is 18.2 Å². The van der Waals surface area contributed by atoms with Gasteiger partial charge in [0.05, 0.1) is 12.2 Å². The van der Waals surface area contributed by atoms with Crippen LogP contribution >= 0.6 is 0 Å². The molecule has 0 amide bonds. The van der Waals surface area contributed by atoms with Gasteiger partial charge < -0.3 is 14.6 Å². The molecule has 80 valence electrons. The molecule has 15 heavy (non-hydrogen) atoms. The number of methoxy groups -OCH3 is 1. The maximum absolute atomic E-state index is 10.9. The van der Waals surface area contributed by atoms with Crippen LogP contribution in [0.2, 0.25) is 0 Å². The van der Waals surface area contributed by atoms with E-state index in [0.29, 0.717) is 24.3 Å². The molecule has 0 spiro atoms. The van der Waals surface area contributed by atoms with E-state index in [0.717, 1.165) is 5.56 Å². The molecule has 0 radical (unpaired) electrons. The third-order valence-corrected chi connectivity index (χ3v) is 2.44. The van der Waals surface area contributed by atoms with Crippen LogP contribution < -0.4 is 4.74 Å². The maximum atomic E-state index is 10.9. The van der Waals surface area contributed by atoms with Crippen LogP contribution in [0.4, 0.5) is 0 Å². The summed E-state index contributed by atoms with van der Waals surface area (Å²) in [5.41, 5.74) is 1.10. The summed E-state index contributed by atoms with van der Waals surface area (Å²) in [6.45, 7) is 0.480. The van der Waals surface area contributed by atoms with Gasteiger partial charge >= 0.3 is 5.97 Å². The molecule has 0 aliphatic carbocycles. The minimum absolute atomic E-state index is 0.0644. The number of hydrogen-bond donors (Lipinski definition) is 1. The van der Waals surface area contributed by atoms with E-state index in [1.54, 1.807) is 25.3 Å². The Morgan fingerprint density at radius 3 is 3.13 bits per heavy atom. The summed E-state index contributed by atoms with van der Waals surface area (Å²) in [7, 11) is 1.60. The Balaban J connectivity index is 2.29. The highest BCUT2D eigenvalue weighted by atomic mass is 16.5. The quantitative estimate of drug-likeness (QED) is 0.814. The van der Waals surface area contributed by atoms with Crippen molar-refractivity contribution in [3.63, 3.8) is 0 Å². The highest BCUT2D eigenvalue weighted by Crippen LogP contribution is 2.31. The molecule has 1 heterocycles. The third-order valence-electron chi connectivity index (χ3n) is 2.44. The van der Waals surface area contributed by atoms with Crippen molar-refractivity contribution >= 4 is 5.97 Å². The summed E-state index contributed by atoms with van der Waals surface area (Å²) in [6, 6.07) is 5.08. The van der Waals surface area contributed by atoms with Crippen molar-refractivity contribution < 1.29 is 19.4 Å². The van der Waals surface area contributed by atoms with Gasteiger partial charge in [0.2, 0.25) is 0 Å². The molecule has 1 aliphatic rings. The number of rotatable bonds is 3. The molecule has 1 atom stereocenters. The van der Waals surface area contributed by atoms with Gasteiger partial charge in [-0.2, -0.15) is 0 Å². The minimum Gasteiger partial charge on any atom is -0.487 e. The Morgan fingerprint density at radius 2 is 2.47 bits per heavy atom. The lowest BCUT2D eigenvalue weighted by atomic mass is 10.0. The van der Waals surface area contributed by atoms with Crippen molar-refractivity contribution in [2.75, 3.05) is 13.7 Å². The summed E-state index contributed by atoms with van der Waals surface area (Å²) in [4.78, 5) is 10.9. The first-order valence-electron chi connectivity index (χ1n) is 4.73. The van der Waals surface area contributed by atoms with E-state index in [2.05, 4.69) is 0 Å². The predicted octanol–water partition coefficient (Wildman–Crippen LogP) is 1.33. The van der Waals surface area contributed by atoms with Gasteiger partial charge in [0.25, 0.3) is 0 Å². The SMILES string of the molecule is COCC1Cc2c(cccc2C(=O)O)O1. The number of hydrogen-bond acceptors (Lipinski definition) is 3. The third kappa shape index (κ3) is 1.80. The van der Waals surface area contributed by atoms with Crippen LogP contribution in [0.3, 0.4) is 0 Å². The molecule has 4 nitrogen and oxygen atoms in total. The topological polar surface area (TPSA) is 55.8 Å². The van der Waals surface area contributed by atoms with Crippen molar-refractivity contribution in [2.45, 2.75) is 12.5 Å². The Bertz CT molecular complexity index is 386. The van der Waals surface area contributed by atoms with Crippen molar-refractivity contribution in [2.24, 2.45) is 0 Å². The van der Waals surface area contributed by atoms with E-state index in [-0.39, 0.29) is 6.10 Å². The predicted molar refractivity (Wildman–Crippen MR) is 53.4 cm³/mol. The largest absolute Gasteiger partial charge is 0.487 e. The summed E-state index contributed by atoms with van der Waals surface area (Å²) >= 11 is 0. The van der Waals surface area contributed by atoms with Crippen molar-refractivity contribution in [3.8, 4) is 5.75 Å². The van der Waals surface area contributed by atoms with Gasteiger partial charge in [0.1, 0.15) is 11.9 Å². The van der Waals surface area contributed by atoms with Crippen LogP contribution in [0.5, 0.6) is 5.75 Å². The number of carboxylic acids is 1. The zero-order chi connectivity index (χ0) is 10.8.